The summed E-state index contributed by atoms with van der Waals surface area (Å²) in [5.41, 5.74) is 6.42. The van der Waals surface area contributed by atoms with Crippen molar-refractivity contribution in [2.75, 3.05) is 21.0 Å². The number of primary amides is 1. The number of carbonyl (C=O) groups excluding carboxylic acids is 2. The quantitative estimate of drug-likeness (QED) is 0.575. The third-order valence-corrected chi connectivity index (χ3v) is 4.11. The van der Waals surface area contributed by atoms with Crippen LogP contribution in [-0.2, 0) is 4.79 Å². The number of fused-ring (bicyclic) bond motifs is 1. The lowest BCUT2D eigenvalue weighted by atomic mass is 9.96. The Morgan fingerprint density at radius 1 is 1.04 bits per heavy atom. The molecule has 1 aliphatic rings. The summed E-state index contributed by atoms with van der Waals surface area (Å²) in [7, 11) is 3.02. The summed E-state index contributed by atoms with van der Waals surface area (Å²) in [5, 5.41) is 2.66. The number of rotatable bonds is 6. The average molecular weight is 388 g/mol. The van der Waals surface area contributed by atoms with Crippen LogP contribution in [0, 0.1) is 0 Å². The van der Waals surface area contributed by atoms with Gasteiger partial charge in [0.05, 0.1) is 20.3 Å². The molecule has 3 rings (SSSR count). The van der Waals surface area contributed by atoms with Crippen molar-refractivity contribution < 1.29 is 33.3 Å². The van der Waals surface area contributed by atoms with Crippen LogP contribution >= 0.6 is 0 Å². The van der Waals surface area contributed by atoms with Gasteiger partial charge in [-0.3, -0.25) is 4.79 Å². The molecule has 2 aromatic carbocycles. The van der Waals surface area contributed by atoms with Gasteiger partial charge in [0.25, 0.3) is 0 Å². The zero-order valence-corrected chi connectivity index (χ0v) is 15.6. The average Bonchev–Trinajstić information content (AvgIpc) is 3.11. The van der Waals surface area contributed by atoms with Gasteiger partial charge in [0.1, 0.15) is 17.2 Å². The summed E-state index contributed by atoms with van der Waals surface area (Å²) < 4.78 is 26.8. The highest BCUT2D eigenvalue weighted by molar-refractivity contribution is 5.75. The molecule has 3 N–H and O–H groups in total. The van der Waals surface area contributed by atoms with E-state index in [0.717, 1.165) is 0 Å². The Labute approximate surface area is 161 Å². The standard InChI is InChI=1S/C19H20N2O7/c1-10(22)28-15-8-17-16(26-9-27-17)7-13(15)18(21-19(20)23)12-5-4-11(24-2)6-14(12)25-3/h4-8,18H,9H2,1-3H3,(H3,20,21,23)/t18-/m1/s1. The maximum Gasteiger partial charge on any atom is 0.312 e. The van der Waals surface area contributed by atoms with Crippen LogP contribution in [0.3, 0.4) is 0 Å². The van der Waals surface area contributed by atoms with Gasteiger partial charge in [-0.25, -0.2) is 4.79 Å². The molecule has 0 radical (unpaired) electrons. The fourth-order valence-electron chi connectivity index (χ4n) is 2.93. The highest BCUT2D eigenvalue weighted by Gasteiger charge is 2.28. The van der Waals surface area contributed by atoms with Gasteiger partial charge >= 0.3 is 12.0 Å². The lowest BCUT2D eigenvalue weighted by molar-refractivity contribution is -0.131. The Balaban J connectivity index is 2.17. The van der Waals surface area contributed by atoms with Crippen molar-refractivity contribution >= 4 is 12.0 Å². The minimum Gasteiger partial charge on any atom is -0.497 e. The highest BCUT2D eigenvalue weighted by atomic mass is 16.7. The van der Waals surface area contributed by atoms with Crippen LogP contribution in [-0.4, -0.2) is 33.0 Å². The van der Waals surface area contributed by atoms with Gasteiger partial charge in [-0.1, -0.05) is 0 Å². The molecule has 0 spiro atoms. The van der Waals surface area contributed by atoms with Gasteiger partial charge in [0.15, 0.2) is 11.5 Å². The Bertz CT molecular complexity index is 913. The molecule has 0 aliphatic carbocycles. The van der Waals surface area contributed by atoms with Gasteiger partial charge in [-0.2, -0.15) is 0 Å². The first-order valence-electron chi connectivity index (χ1n) is 8.32. The number of nitrogens with one attached hydrogen (secondary N) is 1. The Morgan fingerprint density at radius 3 is 2.36 bits per heavy atom. The van der Waals surface area contributed by atoms with Crippen LogP contribution < -0.4 is 34.7 Å². The first kappa shape index (κ1) is 19.2. The smallest absolute Gasteiger partial charge is 0.312 e. The van der Waals surface area contributed by atoms with E-state index in [-0.39, 0.29) is 12.5 Å². The van der Waals surface area contributed by atoms with E-state index in [1.54, 1.807) is 24.3 Å². The molecular formula is C19H20N2O7. The van der Waals surface area contributed by atoms with E-state index in [1.165, 1.54) is 27.2 Å². The number of carbonyl (C=O) groups is 2. The Morgan fingerprint density at radius 2 is 1.75 bits per heavy atom. The summed E-state index contributed by atoms with van der Waals surface area (Å²) in [6.07, 6.45) is 0. The Hall–Kier alpha value is -3.62. The molecule has 1 aliphatic heterocycles. The van der Waals surface area contributed by atoms with Crippen molar-refractivity contribution in [3.05, 3.63) is 41.5 Å². The molecule has 0 unspecified atom stereocenters. The maximum absolute atomic E-state index is 11.7. The van der Waals surface area contributed by atoms with E-state index < -0.39 is 18.0 Å². The lowest BCUT2D eigenvalue weighted by Gasteiger charge is -2.23. The molecule has 2 amide bonds. The topological polar surface area (TPSA) is 118 Å². The summed E-state index contributed by atoms with van der Waals surface area (Å²) >= 11 is 0. The van der Waals surface area contributed by atoms with Crippen LogP contribution in [0.4, 0.5) is 4.79 Å². The number of benzene rings is 2. The second kappa shape index (κ2) is 7.95. The van der Waals surface area contributed by atoms with Gasteiger partial charge in [0.2, 0.25) is 6.79 Å². The summed E-state index contributed by atoms with van der Waals surface area (Å²) in [6, 6.07) is 6.71. The minimum atomic E-state index is -0.790. The summed E-state index contributed by atoms with van der Waals surface area (Å²) in [4.78, 5) is 23.3. The van der Waals surface area contributed by atoms with Crippen LogP contribution in [0.25, 0.3) is 0 Å². The van der Waals surface area contributed by atoms with Gasteiger partial charge in [-0.05, 0) is 18.2 Å². The monoisotopic (exact) mass is 388 g/mol. The number of esters is 1. The van der Waals surface area contributed by atoms with Crippen molar-refractivity contribution in [2.45, 2.75) is 13.0 Å². The normalized spacial score (nSPS) is 12.8. The molecule has 2 aromatic rings. The van der Waals surface area contributed by atoms with Crippen LogP contribution in [0.5, 0.6) is 28.7 Å². The van der Waals surface area contributed by atoms with E-state index >= 15 is 0 Å². The molecule has 1 heterocycles. The predicted octanol–water partition coefficient (Wildman–Crippen LogP) is 2.12. The maximum atomic E-state index is 11.7. The molecule has 0 bridgehead atoms. The van der Waals surface area contributed by atoms with Crippen molar-refractivity contribution in [3.8, 4) is 28.7 Å². The second-order valence-corrected chi connectivity index (χ2v) is 5.89. The first-order valence-corrected chi connectivity index (χ1v) is 8.32. The molecular weight excluding hydrogens is 368 g/mol. The second-order valence-electron chi connectivity index (χ2n) is 5.89. The molecule has 28 heavy (non-hydrogen) atoms. The lowest BCUT2D eigenvalue weighted by Crippen LogP contribution is -2.34. The third-order valence-electron chi connectivity index (χ3n) is 4.11. The number of urea groups is 1. The number of nitrogens with two attached hydrogens (primary N) is 1. The number of hydrogen-bond acceptors (Lipinski definition) is 7. The largest absolute Gasteiger partial charge is 0.497 e. The van der Waals surface area contributed by atoms with Crippen LogP contribution in [0.2, 0.25) is 0 Å². The fourth-order valence-corrected chi connectivity index (χ4v) is 2.93. The SMILES string of the molecule is COc1ccc([C@@H](NC(N)=O)c2cc3c(cc2OC(C)=O)OCO3)c(OC)c1. The molecule has 9 heteroatoms. The summed E-state index contributed by atoms with van der Waals surface area (Å²) in [6.45, 7) is 1.32. The van der Waals surface area contributed by atoms with Crippen molar-refractivity contribution in [2.24, 2.45) is 5.73 Å². The molecule has 148 valence electrons. The Kier molecular flexibility index (Phi) is 5.44. The minimum absolute atomic E-state index is 0.0398. The van der Waals surface area contributed by atoms with Crippen molar-refractivity contribution in [1.82, 2.24) is 5.32 Å². The van der Waals surface area contributed by atoms with E-state index in [4.69, 9.17) is 29.4 Å². The number of amides is 2. The fraction of sp³-hybridized carbons (Fsp3) is 0.263. The van der Waals surface area contributed by atoms with Gasteiger partial charge in [0, 0.05) is 30.2 Å². The third kappa shape index (κ3) is 3.88. The molecule has 1 atom stereocenters. The van der Waals surface area contributed by atoms with Gasteiger partial charge < -0.3 is 34.7 Å². The van der Waals surface area contributed by atoms with Crippen LogP contribution in [0.1, 0.15) is 24.1 Å². The van der Waals surface area contributed by atoms with Crippen molar-refractivity contribution in [3.63, 3.8) is 0 Å². The summed E-state index contributed by atoms with van der Waals surface area (Å²) in [5.74, 6) is 1.58. The zero-order chi connectivity index (χ0) is 20.3. The van der Waals surface area contributed by atoms with E-state index in [2.05, 4.69) is 5.32 Å². The predicted molar refractivity (Wildman–Crippen MR) is 98.0 cm³/mol. The highest BCUT2D eigenvalue weighted by Crippen LogP contribution is 2.43. The molecule has 0 saturated carbocycles. The van der Waals surface area contributed by atoms with Crippen LogP contribution in [0.15, 0.2) is 30.3 Å². The molecule has 0 fully saturated rings. The number of methoxy groups -OCH3 is 2. The van der Waals surface area contributed by atoms with Gasteiger partial charge in [-0.15, -0.1) is 0 Å². The number of hydrogen-bond donors (Lipinski definition) is 2. The number of ether oxygens (including phenoxy) is 5. The first-order chi connectivity index (χ1) is 13.4. The van der Waals surface area contributed by atoms with Crippen molar-refractivity contribution in [1.29, 1.82) is 0 Å². The molecule has 9 nitrogen and oxygen atoms in total. The van der Waals surface area contributed by atoms with E-state index in [0.29, 0.717) is 34.1 Å². The zero-order valence-electron chi connectivity index (χ0n) is 15.6. The molecule has 0 aromatic heterocycles. The molecule has 0 saturated heterocycles. The van der Waals surface area contributed by atoms with E-state index in [1.807, 2.05) is 0 Å². The van der Waals surface area contributed by atoms with E-state index in [9.17, 15) is 9.59 Å².